The van der Waals surface area contributed by atoms with E-state index in [0.29, 0.717) is 52.7 Å². The van der Waals surface area contributed by atoms with E-state index in [9.17, 15) is 26.4 Å². The number of imidazole rings is 3. The number of amides is 2. The fourth-order valence-electron chi connectivity index (χ4n) is 9.72. The molecule has 508 valence electrons. The van der Waals surface area contributed by atoms with Gasteiger partial charge in [0.25, 0.3) is 0 Å². The minimum absolute atomic E-state index is 0.0926. The van der Waals surface area contributed by atoms with Gasteiger partial charge in [-0.1, -0.05) is 83.5 Å². The average Bonchev–Trinajstić information content (AvgIpc) is 1.40. The molecule has 0 spiro atoms. The number of aromatic nitrogens is 8. The van der Waals surface area contributed by atoms with Gasteiger partial charge in [-0.3, -0.25) is 0 Å². The van der Waals surface area contributed by atoms with Crippen LogP contribution < -0.4 is 31.1 Å². The molecular weight excluding hydrogens is 1450 g/mol. The molecule has 2 aliphatic rings. The van der Waals surface area contributed by atoms with Gasteiger partial charge in [0, 0.05) is 128 Å². The van der Waals surface area contributed by atoms with Crippen LogP contribution in [-0.4, -0.2) is 111 Å². The molecule has 92 heavy (non-hydrogen) atoms. The Balaban J connectivity index is 0.000000257. The zero-order valence-electron chi connectivity index (χ0n) is 54.7. The number of hydrogen-bond acceptors (Lipinski definition) is 17. The van der Waals surface area contributed by atoms with Crippen LogP contribution in [0.4, 0.5) is 26.9 Å². The zero-order chi connectivity index (χ0) is 67.7. The first kappa shape index (κ1) is 77.4. The van der Waals surface area contributed by atoms with Gasteiger partial charge in [0.2, 0.25) is 26.0 Å². The highest BCUT2D eigenvalue weighted by Crippen LogP contribution is 2.42. The Bertz CT molecular complexity index is 3560. The van der Waals surface area contributed by atoms with E-state index in [1.807, 2.05) is 56.8 Å². The Morgan fingerprint density at radius 1 is 0.630 bits per heavy atom. The lowest BCUT2D eigenvalue weighted by molar-refractivity contribution is 0.108. The summed E-state index contributed by atoms with van der Waals surface area (Å²) in [4.78, 5) is 50.1. The molecule has 0 unspecified atom stereocenters. The summed E-state index contributed by atoms with van der Waals surface area (Å²) in [6.07, 6.45) is 20.3. The van der Waals surface area contributed by atoms with E-state index in [-0.39, 0.29) is 58.7 Å². The highest BCUT2D eigenvalue weighted by atomic mass is 79.9. The van der Waals surface area contributed by atoms with E-state index in [1.165, 1.54) is 28.7 Å². The number of ether oxygens (including phenoxy) is 2. The van der Waals surface area contributed by atoms with Crippen LogP contribution >= 0.6 is 70.5 Å². The van der Waals surface area contributed by atoms with Gasteiger partial charge in [0.15, 0.2) is 9.47 Å². The number of benzene rings is 2. The van der Waals surface area contributed by atoms with E-state index in [0.717, 1.165) is 105 Å². The van der Waals surface area contributed by atoms with Crippen molar-refractivity contribution in [3.8, 4) is 20.9 Å². The number of nitrogens with zero attached hydrogens (tertiary/aromatic N) is 7. The number of aromatic amines is 1. The number of alkyl halides is 1. The maximum Gasteiger partial charge on any atom is 0.407 e. The van der Waals surface area contributed by atoms with Crippen LogP contribution in [0.25, 0.3) is 20.9 Å². The van der Waals surface area contributed by atoms with Crippen molar-refractivity contribution in [2.24, 2.45) is 17.8 Å². The van der Waals surface area contributed by atoms with Gasteiger partial charge in [0.1, 0.15) is 0 Å². The van der Waals surface area contributed by atoms with Gasteiger partial charge >= 0.3 is 12.2 Å². The number of thiazole rings is 2. The van der Waals surface area contributed by atoms with E-state index < -0.39 is 20.0 Å². The Morgan fingerprint density at radius 3 is 1.49 bits per heavy atom. The normalized spacial score (nSPS) is 16.5. The summed E-state index contributed by atoms with van der Waals surface area (Å²) in [6, 6.07) is 10.5. The van der Waals surface area contributed by atoms with Crippen molar-refractivity contribution < 1.29 is 35.9 Å². The first-order valence-electron chi connectivity index (χ1n) is 31.2. The Hall–Kier alpha value is -5.27. The van der Waals surface area contributed by atoms with Gasteiger partial charge < -0.3 is 45.3 Å². The molecule has 2 saturated carbocycles. The molecule has 9 rings (SSSR count). The number of anilines is 3. The van der Waals surface area contributed by atoms with Crippen LogP contribution in [0, 0.1) is 17.8 Å². The molecule has 2 fully saturated rings. The molecule has 0 bridgehead atoms. The van der Waals surface area contributed by atoms with Crippen LogP contribution in [0.3, 0.4) is 0 Å². The highest BCUT2D eigenvalue weighted by Gasteiger charge is 2.30. The summed E-state index contributed by atoms with van der Waals surface area (Å²) in [5.74, 6) is 3.14. The summed E-state index contributed by atoms with van der Waals surface area (Å²) < 4.78 is 73.2. The molecule has 0 atom stereocenters. The van der Waals surface area contributed by atoms with Gasteiger partial charge in [-0.05, 0) is 153 Å². The largest absolute Gasteiger partial charge is 0.447 e. The predicted octanol–water partition coefficient (Wildman–Crippen LogP) is 15.2. The summed E-state index contributed by atoms with van der Waals surface area (Å²) in [5, 5.41) is 12.3. The number of carbonyl (C=O) groups is 2. The van der Waals surface area contributed by atoms with Gasteiger partial charge in [-0.15, -0.1) is 22.7 Å². The van der Waals surface area contributed by atoms with Crippen molar-refractivity contribution in [1.82, 2.24) is 59.1 Å². The number of halogens is 3. The molecular formula is C63H93Br3N14O8S4. The number of nitrogen functional groups attached to an aromatic ring is 1. The number of hydrogen-bond donors (Lipinski definition) is 7. The van der Waals surface area contributed by atoms with Gasteiger partial charge in [-0.2, -0.15) is 0 Å². The molecule has 5 heterocycles. The average molecular weight is 1540 g/mol. The Morgan fingerprint density at radius 2 is 1.09 bits per heavy atom. The lowest BCUT2D eigenvalue weighted by atomic mass is 9.86. The number of sulfonamides is 2. The molecule has 8 N–H and O–H groups in total. The van der Waals surface area contributed by atoms with Crippen molar-refractivity contribution in [2.45, 2.75) is 193 Å². The molecule has 7 aromatic rings. The molecule has 29 heteroatoms. The number of H-pyrrole nitrogens is 1. The summed E-state index contributed by atoms with van der Waals surface area (Å²) in [7, 11) is -7.41. The Kier molecular flexibility index (Phi) is 32.3. The van der Waals surface area contributed by atoms with E-state index in [2.05, 4.69) is 144 Å². The monoisotopic (exact) mass is 1540 g/mol. The lowest BCUT2D eigenvalue weighted by Gasteiger charge is -2.28. The number of nitrogens with two attached hydrogens (primary N) is 1. The third kappa shape index (κ3) is 25.8. The molecule has 2 amide bonds. The Labute approximate surface area is 577 Å². The predicted molar refractivity (Wildman–Crippen MR) is 381 cm³/mol. The third-order valence-corrected chi connectivity index (χ3v) is 21.8. The van der Waals surface area contributed by atoms with Crippen molar-refractivity contribution in [2.75, 3.05) is 29.5 Å². The molecule has 0 radical (unpaired) electrons. The van der Waals surface area contributed by atoms with Crippen molar-refractivity contribution in [3.05, 3.63) is 105 Å². The van der Waals surface area contributed by atoms with Crippen LogP contribution in [0.15, 0.2) is 105 Å². The standard InChI is InChI=1S/C28H40N6O4S2.C21H30N4O4S2.C7H11BrN2.C4H9Br.C3H3BrN2/c1-6-31-40(36,37)25-15-22(32-27-29-13-14-34(27)17-18(2)3)11-12-23(25)24-16-30-26(39-24)20-7-9-21(10-8-20)33-28(35)38-19(4)5;1-4-24-31(27,28)19-11-15(22)7-10-17(19)18-12-23-20(30-18)14-5-8-16(9-6-14)25-21(26)29-13(2)3;1-6(2)5-10-4-3-9-7(10)8;1-4(2)3-5;4-3-5-1-2-6-3/h11-16,18-21,31H,6-10,17H2,1-5H3,(H,29,32)(H,33,35);7,10-14,16,24H,4-6,8-9,22H2,1-3H3,(H,25,26);3-4,6H,5H2,1-2H3;4H,3H2,1-2H3;1-2H,(H,5,6). The molecule has 0 aliphatic heterocycles. The lowest BCUT2D eigenvalue weighted by Crippen LogP contribution is -2.38. The fourth-order valence-corrected chi connectivity index (χ4v) is 15.3. The summed E-state index contributed by atoms with van der Waals surface area (Å²) >= 11 is 12.8. The van der Waals surface area contributed by atoms with Crippen LogP contribution in [0.2, 0.25) is 0 Å². The van der Waals surface area contributed by atoms with Crippen LogP contribution in [0.5, 0.6) is 0 Å². The molecule has 5 aromatic heterocycles. The topological polar surface area (TPSA) is 297 Å². The van der Waals surface area contributed by atoms with Crippen molar-refractivity contribution >= 4 is 120 Å². The fraction of sp³-hybridized carbons (Fsp3) is 0.540. The second-order valence-electron chi connectivity index (χ2n) is 24.0. The van der Waals surface area contributed by atoms with Gasteiger partial charge in [-0.25, -0.2) is 60.8 Å². The van der Waals surface area contributed by atoms with Crippen LogP contribution in [0.1, 0.15) is 156 Å². The van der Waals surface area contributed by atoms with Crippen molar-refractivity contribution in [3.63, 3.8) is 0 Å². The molecule has 22 nitrogen and oxygen atoms in total. The van der Waals surface area contributed by atoms with Crippen molar-refractivity contribution in [1.29, 1.82) is 0 Å². The first-order valence-corrected chi connectivity index (χ1v) is 38.5. The number of alkyl carbamates (subject to hydrolysis) is 2. The summed E-state index contributed by atoms with van der Waals surface area (Å²) in [6.45, 7) is 26.2. The minimum atomic E-state index is -3.75. The maximum absolute atomic E-state index is 13.3. The van der Waals surface area contributed by atoms with E-state index in [1.54, 1.807) is 69.2 Å². The third-order valence-electron chi connectivity index (χ3n) is 13.8. The van der Waals surface area contributed by atoms with E-state index in [4.69, 9.17) is 20.2 Å². The van der Waals surface area contributed by atoms with E-state index >= 15 is 0 Å². The molecule has 2 aliphatic carbocycles. The number of nitrogens with one attached hydrogen (secondary N) is 6. The molecule has 2 aromatic carbocycles. The van der Waals surface area contributed by atoms with Gasteiger partial charge in [0.05, 0.1) is 41.8 Å². The molecule has 0 saturated heterocycles. The summed E-state index contributed by atoms with van der Waals surface area (Å²) in [5.41, 5.74) is 8.11. The quantitative estimate of drug-likeness (QED) is 0.0260. The maximum atomic E-state index is 13.3. The second-order valence-corrected chi connectivity index (χ2v) is 31.7. The minimum Gasteiger partial charge on any atom is -0.447 e. The SMILES string of the molecule is Brc1ncc[nH]1.CC(C)CBr.CC(C)Cn1ccnc1Br.CCNS(=O)(=O)c1cc(N)ccc1-c1cnc(C2CCC(NC(=O)OC(C)C)CC2)s1.CCNS(=O)(=O)c1cc(Nc2nccn2CC(C)C)ccc1-c1cnc(C2CCC(NC(=O)OC(C)C)CC2)s1. The number of rotatable bonds is 21. The second kappa shape index (κ2) is 38.3. The number of carbonyl (C=O) groups excluding carboxylic acids is 2. The first-order chi connectivity index (χ1) is 43.6. The zero-order valence-corrected chi connectivity index (χ0v) is 62.7. The highest BCUT2D eigenvalue weighted by molar-refractivity contribution is 9.10. The smallest absolute Gasteiger partial charge is 0.407 e. The van der Waals surface area contributed by atoms with Crippen LogP contribution in [-0.2, 0) is 42.6 Å².